The number of fused-ring (bicyclic) bond motifs is 1. The Kier molecular flexibility index (Phi) is 4.76. The highest BCUT2D eigenvalue weighted by atomic mass is 35.5. The number of hydrogen-bond donors (Lipinski definition) is 1. The van der Waals surface area contributed by atoms with E-state index in [1.165, 1.54) is 10.8 Å². The number of carbonyl (C=O) groups excluding carboxylic acids is 1. The predicted octanol–water partition coefficient (Wildman–Crippen LogP) is 5.09. The van der Waals surface area contributed by atoms with Crippen molar-refractivity contribution in [2.45, 2.75) is 32.2 Å². The number of nitrogens with zero attached hydrogens (tertiary/aromatic N) is 2. The number of amides is 1. The Bertz CT molecular complexity index is 984. The van der Waals surface area contributed by atoms with E-state index in [-0.39, 0.29) is 5.91 Å². The average molecular weight is 366 g/mol. The lowest BCUT2D eigenvalue weighted by Gasteiger charge is -2.16. The molecule has 1 N–H and O–H groups in total. The van der Waals surface area contributed by atoms with Crippen LogP contribution in [0.15, 0.2) is 65.3 Å². The lowest BCUT2D eigenvalue weighted by molar-refractivity contribution is -0.113. The lowest BCUT2D eigenvalue weighted by Crippen LogP contribution is -2.20. The number of halogens is 1. The van der Waals surface area contributed by atoms with Gasteiger partial charge in [-0.25, -0.2) is 4.68 Å². The number of rotatable bonds is 4. The molecule has 0 fully saturated rings. The van der Waals surface area contributed by atoms with Crippen LogP contribution in [0.25, 0.3) is 10.8 Å². The first kappa shape index (κ1) is 16.9. The first-order valence-electron chi connectivity index (χ1n) is 8.90. The SMILES string of the molecule is O=C(Nc1ccnn1Cc1cccc2ccccc12)C1=C(Cl)CCCC1. The van der Waals surface area contributed by atoms with E-state index in [1.807, 2.05) is 28.9 Å². The van der Waals surface area contributed by atoms with E-state index in [0.717, 1.165) is 31.2 Å². The van der Waals surface area contributed by atoms with Crippen molar-refractivity contribution in [3.05, 3.63) is 70.9 Å². The van der Waals surface area contributed by atoms with E-state index < -0.39 is 0 Å². The second-order valence-corrected chi connectivity index (χ2v) is 7.01. The van der Waals surface area contributed by atoms with Crippen LogP contribution in [0.3, 0.4) is 0 Å². The van der Waals surface area contributed by atoms with Gasteiger partial charge in [-0.15, -0.1) is 0 Å². The molecule has 4 rings (SSSR count). The van der Waals surface area contributed by atoms with Gasteiger partial charge in [0.2, 0.25) is 0 Å². The zero-order valence-electron chi connectivity index (χ0n) is 14.4. The molecular formula is C21H20ClN3O. The van der Waals surface area contributed by atoms with E-state index in [0.29, 0.717) is 23.0 Å². The second kappa shape index (κ2) is 7.34. The molecule has 0 unspecified atom stereocenters. The minimum absolute atomic E-state index is 0.116. The highest BCUT2D eigenvalue weighted by molar-refractivity contribution is 6.32. The maximum absolute atomic E-state index is 12.6. The molecule has 1 aliphatic rings. The predicted molar refractivity (Wildman–Crippen MR) is 105 cm³/mol. The monoisotopic (exact) mass is 365 g/mol. The molecule has 3 aromatic rings. The van der Waals surface area contributed by atoms with Crippen LogP contribution in [0.4, 0.5) is 5.82 Å². The summed E-state index contributed by atoms with van der Waals surface area (Å²) in [4.78, 5) is 12.6. The number of carbonyl (C=O) groups is 1. The van der Waals surface area contributed by atoms with Gasteiger partial charge in [-0.2, -0.15) is 5.10 Å². The molecular weight excluding hydrogens is 346 g/mol. The number of allylic oxidation sites excluding steroid dienone is 1. The molecule has 0 saturated carbocycles. The number of benzene rings is 2. The van der Waals surface area contributed by atoms with E-state index in [1.54, 1.807) is 6.20 Å². The molecule has 0 spiro atoms. The minimum Gasteiger partial charge on any atom is -0.307 e. The molecule has 1 amide bonds. The average Bonchev–Trinajstić information content (AvgIpc) is 3.09. The fourth-order valence-electron chi connectivity index (χ4n) is 3.45. The third-order valence-electron chi connectivity index (χ3n) is 4.83. The zero-order chi connectivity index (χ0) is 17.9. The smallest absolute Gasteiger partial charge is 0.253 e. The molecule has 5 heteroatoms. The van der Waals surface area contributed by atoms with Crippen molar-refractivity contribution in [1.29, 1.82) is 0 Å². The first-order valence-corrected chi connectivity index (χ1v) is 9.27. The molecule has 4 nitrogen and oxygen atoms in total. The van der Waals surface area contributed by atoms with Gasteiger partial charge in [0.15, 0.2) is 0 Å². The van der Waals surface area contributed by atoms with Gasteiger partial charge in [0.1, 0.15) is 5.82 Å². The van der Waals surface area contributed by atoms with E-state index >= 15 is 0 Å². The Morgan fingerprint density at radius 1 is 1.08 bits per heavy atom. The molecule has 1 aliphatic carbocycles. The number of nitrogens with one attached hydrogen (secondary N) is 1. The zero-order valence-corrected chi connectivity index (χ0v) is 15.2. The fourth-order valence-corrected chi connectivity index (χ4v) is 3.77. The van der Waals surface area contributed by atoms with E-state index in [4.69, 9.17) is 11.6 Å². The summed E-state index contributed by atoms with van der Waals surface area (Å²) in [5.74, 6) is 0.569. The molecule has 26 heavy (non-hydrogen) atoms. The largest absolute Gasteiger partial charge is 0.307 e. The van der Waals surface area contributed by atoms with Gasteiger partial charge in [-0.1, -0.05) is 54.1 Å². The van der Waals surface area contributed by atoms with Crippen molar-refractivity contribution >= 4 is 34.1 Å². The molecule has 1 heterocycles. The molecule has 2 aromatic carbocycles. The lowest BCUT2D eigenvalue weighted by atomic mass is 9.99. The van der Waals surface area contributed by atoms with Gasteiger partial charge in [-0.05, 0) is 42.0 Å². The van der Waals surface area contributed by atoms with Crippen LogP contribution in [0, 0.1) is 0 Å². The molecule has 0 atom stereocenters. The van der Waals surface area contributed by atoms with Crippen LogP contribution in [-0.2, 0) is 11.3 Å². The van der Waals surface area contributed by atoms with Crippen molar-refractivity contribution in [3.63, 3.8) is 0 Å². The summed E-state index contributed by atoms with van der Waals surface area (Å²) in [7, 11) is 0. The van der Waals surface area contributed by atoms with Crippen molar-refractivity contribution < 1.29 is 4.79 Å². The molecule has 0 saturated heterocycles. The Labute approximate surface area is 157 Å². The summed E-state index contributed by atoms with van der Waals surface area (Å²) in [5.41, 5.74) is 1.87. The van der Waals surface area contributed by atoms with Crippen LogP contribution in [0.5, 0.6) is 0 Å². The topological polar surface area (TPSA) is 46.9 Å². The number of hydrogen-bond acceptors (Lipinski definition) is 2. The van der Waals surface area contributed by atoms with Crippen LogP contribution in [0.1, 0.15) is 31.2 Å². The van der Waals surface area contributed by atoms with Crippen molar-refractivity contribution in [2.75, 3.05) is 5.32 Å². The summed E-state index contributed by atoms with van der Waals surface area (Å²) < 4.78 is 1.82. The second-order valence-electron chi connectivity index (χ2n) is 6.56. The van der Waals surface area contributed by atoms with Gasteiger partial charge < -0.3 is 5.32 Å². The van der Waals surface area contributed by atoms with Gasteiger partial charge in [0.05, 0.1) is 12.7 Å². The van der Waals surface area contributed by atoms with Crippen LogP contribution >= 0.6 is 11.6 Å². The third-order valence-corrected chi connectivity index (χ3v) is 5.25. The Morgan fingerprint density at radius 2 is 1.88 bits per heavy atom. The van der Waals surface area contributed by atoms with Gasteiger partial charge in [0, 0.05) is 16.7 Å². The highest BCUT2D eigenvalue weighted by Crippen LogP contribution is 2.28. The van der Waals surface area contributed by atoms with Crippen molar-refractivity contribution in [2.24, 2.45) is 0 Å². The third kappa shape index (κ3) is 3.37. The van der Waals surface area contributed by atoms with Gasteiger partial charge >= 0.3 is 0 Å². The van der Waals surface area contributed by atoms with Crippen LogP contribution in [-0.4, -0.2) is 15.7 Å². The summed E-state index contributed by atoms with van der Waals surface area (Å²) in [6, 6.07) is 16.3. The van der Waals surface area contributed by atoms with Crippen molar-refractivity contribution in [1.82, 2.24) is 9.78 Å². The Balaban J connectivity index is 1.58. The highest BCUT2D eigenvalue weighted by Gasteiger charge is 2.19. The maximum atomic E-state index is 12.6. The van der Waals surface area contributed by atoms with Gasteiger partial charge in [-0.3, -0.25) is 4.79 Å². The molecule has 0 bridgehead atoms. The normalized spacial score (nSPS) is 14.7. The van der Waals surface area contributed by atoms with Crippen molar-refractivity contribution in [3.8, 4) is 0 Å². The Morgan fingerprint density at radius 3 is 2.77 bits per heavy atom. The fraction of sp³-hybridized carbons (Fsp3) is 0.238. The molecule has 0 aliphatic heterocycles. The molecule has 0 radical (unpaired) electrons. The maximum Gasteiger partial charge on any atom is 0.253 e. The Hall–Kier alpha value is -2.59. The van der Waals surface area contributed by atoms with E-state index in [9.17, 15) is 4.79 Å². The summed E-state index contributed by atoms with van der Waals surface area (Å²) in [6.45, 7) is 0.594. The van der Waals surface area contributed by atoms with E-state index in [2.05, 4.69) is 34.7 Å². The summed E-state index contributed by atoms with van der Waals surface area (Å²) in [6.07, 6.45) is 5.29. The summed E-state index contributed by atoms with van der Waals surface area (Å²) >= 11 is 6.25. The number of aromatic nitrogens is 2. The standard InChI is InChI=1S/C21H20ClN3O/c22-19-11-4-3-10-18(19)21(26)24-20-12-13-23-25(20)14-16-8-5-7-15-6-1-2-9-17(15)16/h1-2,5-9,12-13H,3-4,10-11,14H2,(H,24,26). The first-order chi connectivity index (χ1) is 12.7. The summed E-state index contributed by atoms with van der Waals surface area (Å²) in [5, 5.41) is 10.4. The number of anilines is 1. The van der Waals surface area contributed by atoms with Crippen LogP contribution in [0.2, 0.25) is 0 Å². The quantitative estimate of drug-likeness (QED) is 0.700. The molecule has 1 aromatic heterocycles. The minimum atomic E-state index is -0.116. The van der Waals surface area contributed by atoms with Gasteiger partial charge in [0.25, 0.3) is 5.91 Å². The van der Waals surface area contributed by atoms with Crippen LogP contribution < -0.4 is 5.32 Å². The molecule has 132 valence electrons.